The number of benzene rings is 2. The van der Waals surface area contributed by atoms with Gasteiger partial charge in [0.1, 0.15) is 11.5 Å². The average Bonchev–Trinajstić information content (AvgIpc) is 2.68. The smallest absolute Gasteiger partial charge is 0.266 e. The molecule has 2 aromatic carbocycles. The van der Waals surface area contributed by atoms with Crippen LogP contribution in [0.2, 0.25) is 0 Å². The van der Waals surface area contributed by atoms with Crippen molar-refractivity contribution in [3.05, 3.63) is 59.1 Å². The predicted octanol–water partition coefficient (Wildman–Crippen LogP) is 3.56. The highest BCUT2D eigenvalue weighted by Gasteiger charge is 2.15. The topological polar surface area (TPSA) is 115 Å². The van der Waals surface area contributed by atoms with Crippen LogP contribution in [0.3, 0.4) is 0 Å². The summed E-state index contributed by atoms with van der Waals surface area (Å²) >= 11 is 3.42. The number of pyridine rings is 1. The molecular weight excluding hydrogens is 476 g/mol. The fraction of sp³-hybridized carbons (Fsp3) is 0.200. The SMILES string of the molecule is C[C@@H](Oc1ccc(Oc2ccc3ccc(Br)cc3n2)cc1)C(=O)NCCS(=O)(=O)O. The van der Waals surface area contributed by atoms with E-state index in [9.17, 15) is 13.2 Å². The van der Waals surface area contributed by atoms with Crippen molar-refractivity contribution in [1.82, 2.24) is 10.3 Å². The third-order valence-electron chi connectivity index (χ3n) is 4.02. The predicted molar refractivity (Wildman–Crippen MR) is 115 cm³/mol. The van der Waals surface area contributed by atoms with E-state index in [1.807, 2.05) is 24.3 Å². The van der Waals surface area contributed by atoms with Crippen molar-refractivity contribution in [1.29, 1.82) is 0 Å². The number of amides is 1. The van der Waals surface area contributed by atoms with E-state index in [4.69, 9.17) is 14.0 Å². The number of halogens is 1. The first-order chi connectivity index (χ1) is 14.2. The summed E-state index contributed by atoms with van der Waals surface area (Å²) in [6, 6.07) is 16.2. The standard InChI is InChI=1S/C20H19BrN2O6S/c1-13(20(24)22-10-11-30(25,26)27)28-16-5-7-17(8-6-16)29-19-9-3-14-2-4-15(21)12-18(14)23-19/h2-9,12-13H,10-11H2,1H3,(H,22,24)(H,25,26,27)/t13-/m1/s1. The summed E-state index contributed by atoms with van der Waals surface area (Å²) in [4.78, 5) is 16.4. The average molecular weight is 495 g/mol. The summed E-state index contributed by atoms with van der Waals surface area (Å²) in [5, 5.41) is 3.38. The fourth-order valence-corrected chi connectivity index (χ4v) is 3.25. The molecule has 0 bridgehead atoms. The van der Waals surface area contributed by atoms with E-state index in [-0.39, 0.29) is 6.54 Å². The zero-order valence-electron chi connectivity index (χ0n) is 15.9. The summed E-state index contributed by atoms with van der Waals surface area (Å²) in [7, 11) is -4.13. The highest BCUT2D eigenvalue weighted by molar-refractivity contribution is 9.10. The van der Waals surface area contributed by atoms with Crippen LogP contribution in [0.4, 0.5) is 0 Å². The van der Waals surface area contributed by atoms with E-state index >= 15 is 0 Å². The zero-order valence-corrected chi connectivity index (χ0v) is 18.3. The number of rotatable bonds is 8. The van der Waals surface area contributed by atoms with E-state index in [1.165, 1.54) is 6.92 Å². The van der Waals surface area contributed by atoms with Gasteiger partial charge in [0.05, 0.1) is 11.3 Å². The summed E-state index contributed by atoms with van der Waals surface area (Å²) < 4.78 is 42.3. The number of fused-ring (bicyclic) bond motifs is 1. The third kappa shape index (κ3) is 6.41. The second-order valence-corrected chi connectivity index (χ2v) is 8.88. The number of carbonyl (C=O) groups excluding carboxylic acids is 1. The van der Waals surface area contributed by atoms with Gasteiger partial charge in [0, 0.05) is 22.5 Å². The number of carbonyl (C=O) groups is 1. The lowest BCUT2D eigenvalue weighted by Crippen LogP contribution is -2.38. The number of hydrogen-bond donors (Lipinski definition) is 2. The van der Waals surface area contributed by atoms with Crippen LogP contribution in [0.5, 0.6) is 17.4 Å². The molecule has 158 valence electrons. The van der Waals surface area contributed by atoms with Gasteiger partial charge in [-0.25, -0.2) is 4.98 Å². The van der Waals surface area contributed by atoms with Crippen molar-refractivity contribution >= 4 is 42.9 Å². The van der Waals surface area contributed by atoms with Crippen LogP contribution in [0, 0.1) is 0 Å². The van der Waals surface area contributed by atoms with Crippen molar-refractivity contribution in [2.24, 2.45) is 0 Å². The molecule has 8 nitrogen and oxygen atoms in total. The van der Waals surface area contributed by atoms with Crippen LogP contribution >= 0.6 is 15.9 Å². The van der Waals surface area contributed by atoms with Gasteiger partial charge in [0.15, 0.2) is 6.10 Å². The second-order valence-electron chi connectivity index (χ2n) is 6.40. The minimum absolute atomic E-state index is 0.201. The molecular formula is C20H19BrN2O6S. The fourth-order valence-electron chi connectivity index (χ4n) is 2.54. The molecule has 0 saturated heterocycles. The Hall–Kier alpha value is -2.69. The molecule has 0 aliphatic rings. The van der Waals surface area contributed by atoms with Crippen molar-refractivity contribution in [2.45, 2.75) is 13.0 Å². The highest BCUT2D eigenvalue weighted by Crippen LogP contribution is 2.26. The van der Waals surface area contributed by atoms with Gasteiger partial charge in [-0.05, 0) is 49.4 Å². The third-order valence-corrected chi connectivity index (χ3v) is 5.23. The monoisotopic (exact) mass is 494 g/mol. The van der Waals surface area contributed by atoms with Crippen LogP contribution in [0.25, 0.3) is 10.9 Å². The molecule has 2 N–H and O–H groups in total. The lowest BCUT2D eigenvalue weighted by Gasteiger charge is -2.15. The minimum atomic E-state index is -4.13. The Balaban J connectivity index is 1.57. The summed E-state index contributed by atoms with van der Waals surface area (Å²) in [5.74, 6) is 0.382. The van der Waals surface area contributed by atoms with E-state index in [0.717, 1.165) is 15.4 Å². The molecule has 1 atom stereocenters. The Kier molecular flexibility index (Phi) is 6.91. The normalized spacial score (nSPS) is 12.4. The van der Waals surface area contributed by atoms with E-state index in [2.05, 4.69) is 26.2 Å². The summed E-state index contributed by atoms with van der Waals surface area (Å²) in [6.45, 7) is 1.33. The molecule has 0 unspecified atom stereocenters. The molecule has 0 spiro atoms. The van der Waals surface area contributed by atoms with Crippen molar-refractivity contribution in [3.8, 4) is 17.4 Å². The van der Waals surface area contributed by atoms with Crippen molar-refractivity contribution < 1.29 is 27.2 Å². The van der Waals surface area contributed by atoms with Gasteiger partial charge < -0.3 is 14.8 Å². The van der Waals surface area contributed by atoms with Crippen LogP contribution < -0.4 is 14.8 Å². The molecule has 30 heavy (non-hydrogen) atoms. The van der Waals surface area contributed by atoms with Gasteiger partial charge in [-0.15, -0.1) is 0 Å². The van der Waals surface area contributed by atoms with Crippen LogP contribution in [-0.2, 0) is 14.9 Å². The van der Waals surface area contributed by atoms with Crippen LogP contribution in [-0.4, -0.2) is 42.3 Å². The molecule has 1 aromatic heterocycles. The number of hydrogen-bond acceptors (Lipinski definition) is 6. The molecule has 3 aromatic rings. The maximum Gasteiger partial charge on any atom is 0.266 e. The van der Waals surface area contributed by atoms with Gasteiger partial charge in [0.2, 0.25) is 5.88 Å². The minimum Gasteiger partial charge on any atom is -0.481 e. The first kappa shape index (κ1) is 22.0. The molecule has 3 rings (SSSR count). The molecule has 1 heterocycles. The number of nitrogens with one attached hydrogen (secondary N) is 1. The molecule has 0 fully saturated rings. The number of aromatic nitrogens is 1. The Bertz CT molecular complexity index is 1150. The van der Waals surface area contributed by atoms with Crippen LogP contribution in [0.1, 0.15) is 6.92 Å². The maximum absolute atomic E-state index is 11.9. The van der Waals surface area contributed by atoms with E-state index in [0.29, 0.717) is 17.4 Å². The van der Waals surface area contributed by atoms with E-state index < -0.39 is 27.9 Å². The summed E-state index contributed by atoms with van der Waals surface area (Å²) in [6.07, 6.45) is -0.848. The van der Waals surface area contributed by atoms with Gasteiger partial charge in [-0.1, -0.05) is 22.0 Å². The largest absolute Gasteiger partial charge is 0.481 e. The van der Waals surface area contributed by atoms with Gasteiger partial charge in [0.25, 0.3) is 16.0 Å². The lowest BCUT2D eigenvalue weighted by molar-refractivity contribution is -0.127. The van der Waals surface area contributed by atoms with Gasteiger partial charge >= 0.3 is 0 Å². The Labute approximate surface area is 182 Å². The second kappa shape index (κ2) is 9.41. The quantitative estimate of drug-likeness (QED) is 0.460. The van der Waals surface area contributed by atoms with Crippen LogP contribution in [0.15, 0.2) is 59.1 Å². The molecule has 0 aliphatic heterocycles. The lowest BCUT2D eigenvalue weighted by atomic mass is 10.2. The van der Waals surface area contributed by atoms with Gasteiger partial charge in [-0.3, -0.25) is 9.35 Å². The molecule has 0 aliphatic carbocycles. The molecule has 0 saturated carbocycles. The highest BCUT2D eigenvalue weighted by atomic mass is 79.9. The van der Waals surface area contributed by atoms with E-state index in [1.54, 1.807) is 30.3 Å². The van der Waals surface area contributed by atoms with Crippen molar-refractivity contribution in [2.75, 3.05) is 12.3 Å². The molecule has 10 heteroatoms. The molecule has 0 radical (unpaired) electrons. The first-order valence-electron chi connectivity index (χ1n) is 8.93. The summed E-state index contributed by atoms with van der Waals surface area (Å²) in [5.41, 5.74) is 0.802. The maximum atomic E-state index is 11.9. The van der Waals surface area contributed by atoms with Crippen molar-refractivity contribution in [3.63, 3.8) is 0 Å². The van der Waals surface area contributed by atoms with Gasteiger partial charge in [-0.2, -0.15) is 8.42 Å². The Morgan fingerprint density at radius 3 is 2.50 bits per heavy atom. The molecule has 1 amide bonds. The number of nitrogens with zero attached hydrogens (tertiary/aromatic N) is 1. The first-order valence-corrected chi connectivity index (χ1v) is 11.3. The number of ether oxygens (including phenoxy) is 2. The zero-order chi connectivity index (χ0) is 21.7. The Morgan fingerprint density at radius 1 is 1.13 bits per heavy atom. The Morgan fingerprint density at radius 2 is 1.80 bits per heavy atom.